The van der Waals surface area contributed by atoms with Crippen LogP contribution in [0.5, 0.6) is 0 Å². The molecule has 0 rings (SSSR count). The van der Waals surface area contributed by atoms with Crippen LogP contribution in [0.3, 0.4) is 0 Å². The highest BCUT2D eigenvalue weighted by Gasteiger charge is 2.41. The largest absolute Gasteiger partial charge is 0.369 e. The fourth-order valence-corrected chi connectivity index (χ4v) is 2.88. The second-order valence-corrected chi connectivity index (χ2v) is 7.63. The summed E-state index contributed by atoms with van der Waals surface area (Å²) in [5, 5.41) is 0. The number of hydrogen-bond donors (Lipinski definition) is 0. The molecule has 0 N–H and O–H groups in total. The van der Waals surface area contributed by atoms with Gasteiger partial charge in [-0.2, -0.15) is 0 Å². The Bertz CT molecular complexity index is 319. The van der Waals surface area contributed by atoms with E-state index in [1.54, 1.807) is 0 Å². The second kappa shape index (κ2) is 7.06. The van der Waals surface area contributed by atoms with Gasteiger partial charge in [0, 0.05) is 11.3 Å². The van der Waals surface area contributed by atoms with Crippen molar-refractivity contribution >= 4 is 5.78 Å². The number of hydrogen-bond acceptors (Lipinski definition) is 2. The van der Waals surface area contributed by atoms with Crippen LogP contribution in [-0.2, 0) is 9.53 Å². The van der Waals surface area contributed by atoms with Crippen molar-refractivity contribution < 1.29 is 9.53 Å². The smallest absolute Gasteiger partial charge is 0.141 e. The summed E-state index contributed by atoms with van der Waals surface area (Å²) in [5.41, 5.74) is -0.669. The molecule has 0 bridgehead atoms. The predicted molar refractivity (Wildman–Crippen MR) is 87.0 cm³/mol. The Balaban J connectivity index is 5.22. The molecule has 0 aliphatic heterocycles. The van der Waals surface area contributed by atoms with Crippen LogP contribution in [0.4, 0.5) is 0 Å². The first-order chi connectivity index (χ1) is 8.95. The number of ether oxygens (including phenoxy) is 1. The summed E-state index contributed by atoms with van der Waals surface area (Å²) in [4.78, 5) is 12.6. The maximum atomic E-state index is 12.6. The van der Waals surface area contributed by atoms with Crippen molar-refractivity contribution in [3.8, 4) is 0 Å². The van der Waals surface area contributed by atoms with Crippen LogP contribution < -0.4 is 0 Å². The minimum absolute atomic E-state index is 0.0836. The molecule has 0 saturated heterocycles. The van der Waals surface area contributed by atoms with Crippen molar-refractivity contribution in [2.45, 2.75) is 99.2 Å². The quantitative estimate of drug-likeness (QED) is 0.567. The maximum absolute atomic E-state index is 12.6. The Morgan fingerprint density at radius 1 is 0.950 bits per heavy atom. The molecule has 0 aliphatic rings. The fraction of sp³-hybridized carbons (Fsp3) is 0.944. The van der Waals surface area contributed by atoms with Gasteiger partial charge in [0.05, 0.1) is 11.2 Å². The molecule has 0 heterocycles. The molecule has 2 atom stereocenters. The van der Waals surface area contributed by atoms with Crippen molar-refractivity contribution in [2.24, 2.45) is 11.3 Å². The zero-order chi connectivity index (χ0) is 16.2. The highest BCUT2D eigenvalue weighted by molar-refractivity contribution is 5.86. The Morgan fingerprint density at radius 3 is 1.75 bits per heavy atom. The maximum Gasteiger partial charge on any atom is 0.141 e. The Labute approximate surface area is 126 Å². The predicted octanol–water partition coefficient (Wildman–Crippen LogP) is 5.39. The third kappa shape index (κ3) is 5.20. The average molecular weight is 284 g/mol. The van der Waals surface area contributed by atoms with Crippen molar-refractivity contribution in [3.63, 3.8) is 0 Å². The summed E-state index contributed by atoms with van der Waals surface area (Å²) >= 11 is 0. The van der Waals surface area contributed by atoms with E-state index in [2.05, 4.69) is 48.5 Å². The Hall–Kier alpha value is -0.370. The summed E-state index contributed by atoms with van der Waals surface area (Å²) in [6.45, 7) is 18.9. The number of carbonyl (C=O) groups is 1. The molecule has 2 unspecified atom stereocenters. The lowest BCUT2D eigenvalue weighted by atomic mass is 9.70. The molecule has 0 saturated carbocycles. The lowest BCUT2D eigenvalue weighted by Crippen LogP contribution is -2.45. The van der Waals surface area contributed by atoms with E-state index < -0.39 is 0 Å². The number of ketones is 1. The van der Waals surface area contributed by atoms with E-state index in [-0.39, 0.29) is 22.5 Å². The fourth-order valence-electron chi connectivity index (χ4n) is 2.88. The number of rotatable bonds is 9. The molecule has 20 heavy (non-hydrogen) atoms. The number of carbonyl (C=O) groups excluding carboxylic acids is 1. The topological polar surface area (TPSA) is 26.3 Å². The molecule has 2 heteroatoms. The third-order valence-corrected chi connectivity index (χ3v) is 4.79. The molecule has 0 aliphatic carbocycles. The van der Waals surface area contributed by atoms with E-state index in [4.69, 9.17) is 4.74 Å². The molecule has 0 amide bonds. The van der Waals surface area contributed by atoms with Crippen molar-refractivity contribution in [1.82, 2.24) is 0 Å². The summed E-state index contributed by atoms with van der Waals surface area (Å²) in [6, 6.07) is 0. The van der Waals surface area contributed by atoms with Gasteiger partial charge in [-0.25, -0.2) is 0 Å². The lowest BCUT2D eigenvalue weighted by molar-refractivity contribution is -0.160. The van der Waals surface area contributed by atoms with E-state index in [0.717, 1.165) is 25.7 Å². The third-order valence-electron chi connectivity index (χ3n) is 4.79. The summed E-state index contributed by atoms with van der Waals surface area (Å²) in [7, 11) is 0. The van der Waals surface area contributed by atoms with Gasteiger partial charge in [0.15, 0.2) is 0 Å². The first-order valence-corrected chi connectivity index (χ1v) is 8.19. The molecule has 0 aromatic carbocycles. The molecule has 0 fully saturated rings. The minimum Gasteiger partial charge on any atom is -0.369 e. The van der Waals surface area contributed by atoms with Gasteiger partial charge in [-0.1, -0.05) is 41.5 Å². The van der Waals surface area contributed by atoms with Crippen LogP contribution in [0, 0.1) is 11.3 Å². The average Bonchev–Trinajstić information content (AvgIpc) is 2.36. The first kappa shape index (κ1) is 19.6. The molecular weight excluding hydrogens is 248 g/mol. The SMILES string of the molecule is CCC(C)(C)OC(C)(CC)CC(C)(CC)C(=O)C(C)C. The van der Waals surface area contributed by atoms with Crippen LogP contribution in [0.15, 0.2) is 0 Å². The Morgan fingerprint density at radius 2 is 1.45 bits per heavy atom. The molecule has 0 aromatic rings. The van der Waals surface area contributed by atoms with Crippen LogP contribution in [0.2, 0.25) is 0 Å². The number of Topliss-reactive ketones (excluding diaryl/α,β-unsaturated/α-hetero) is 1. The van der Waals surface area contributed by atoms with Gasteiger partial charge in [-0.3, -0.25) is 4.79 Å². The lowest BCUT2D eigenvalue weighted by Gasteiger charge is -2.43. The van der Waals surface area contributed by atoms with E-state index in [9.17, 15) is 4.79 Å². The molecule has 0 aromatic heterocycles. The zero-order valence-corrected chi connectivity index (χ0v) is 15.2. The van der Waals surface area contributed by atoms with E-state index >= 15 is 0 Å². The van der Waals surface area contributed by atoms with Crippen molar-refractivity contribution in [2.75, 3.05) is 0 Å². The van der Waals surface area contributed by atoms with Gasteiger partial charge in [0.2, 0.25) is 0 Å². The standard InChI is InChI=1S/C18H36O2/c1-10-16(6,7)20-18(9,12-3)13-17(8,11-2)15(19)14(4)5/h14H,10-13H2,1-9H3. The van der Waals surface area contributed by atoms with Gasteiger partial charge >= 0.3 is 0 Å². The van der Waals surface area contributed by atoms with Gasteiger partial charge in [-0.05, 0) is 46.5 Å². The highest BCUT2D eigenvalue weighted by Crippen LogP contribution is 2.40. The van der Waals surface area contributed by atoms with Crippen LogP contribution in [0.25, 0.3) is 0 Å². The Kier molecular flexibility index (Phi) is 6.93. The highest BCUT2D eigenvalue weighted by atomic mass is 16.5. The van der Waals surface area contributed by atoms with Gasteiger partial charge in [0.25, 0.3) is 0 Å². The monoisotopic (exact) mass is 284 g/mol. The van der Waals surface area contributed by atoms with Crippen molar-refractivity contribution in [3.05, 3.63) is 0 Å². The summed E-state index contributed by atoms with van der Waals surface area (Å²) < 4.78 is 6.40. The van der Waals surface area contributed by atoms with Crippen LogP contribution in [0.1, 0.15) is 88.0 Å². The minimum atomic E-state index is -0.289. The summed E-state index contributed by atoms with van der Waals surface area (Å²) in [6.07, 6.45) is 3.57. The van der Waals surface area contributed by atoms with E-state index in [1.807, 2.05) is 13.8 Å². The van der Waals surface area contributed by atoms with Crippen molar-refractivity contribution in [1.29, 1.82) is 0 Å². The normalized spacial score (nSPS) is 18.7. The zero-order valence-electron chi connectivity index (χ0n) is 15.2. The van der Waals surface area contributed by atoms with E-state index in [0.29, 0.717) is 5.78 Å². The van der Waals surface area contributed by atoms with Gasteiger partial charge < -0.3 is 4.74 Å². The molecule has 2 nitrogen and oxygen atoms in total. The van der Waals surface area contributed by atoms with Gasteiger partial charge in [0.1, 0.15) is 5.78 Å². The molecule has 120 valence electrons. The summed E-state index contributed by atoms with van der Waals surface area (Å²) in [5.74, 6) is 0.442. The second-order valence-electron chi connectivity index (χ2n) is 7.63. The molecular formula is C18H36O2. The first-order valence-electron chi connectivity index (χ1n) is 8.19. The molecule has 0 radical (unpaired) electrons. The van der Waals surface area contributed by atoms with Gasteiger partial charge in [-0.15, -0.1) is 0 Å². The van der Waals surface area contributed by atoms with Crippen LogP contribution in [-0.4, -0.2) is 17.0 Å². The van der Waals surface area contributed by atoms with E-state index in [1.165, 1.54) is 0 Å². The van der Waals surface area contributed by atoms with Crippen LogP contribution >= 0.6 is 0 Å². The molecule has 0 spiro atoms.